The number of ether oxygens (including phenoxy) is 2. The van der Waals surface area contributed by atoms with E-state index in [0.717, 1.165) is 5.56 Å². The first-order chi connectivity index (χ1) is 21.7. The number of fused-ring (bicyclic) bond motifs is 2. The zero-order valence-corrected chi connectivity index (χ0v) is 26.5. The molecule has 0 aromatic heterocycles. The highest BCUT2D eigenvalue weighted by molar-refractivity contribution is 6.06. The van der Waals surface area contributed by atoms with Gasteiger partial charge in [0.1, 0.15) is 17.4 Å². The molecule has 238 valence electrons. The smallest absolute Gasteiger partial charge is 0.253 e. The largest absolute Gasteiger partial charge is 0.497 e. The maximum atomic E-state index is 14.9. The van der Waals surface area contributed by atoms with Crippen LogP contribution in [-0.2, 0) is 25.7 Å². The van der Waals surface area contributed by atoms with Gasteiger partial charge in [-0.3, -0.25) is 14.4 Å². The van der Waals surface area contributed by atoms with Crippen LogP contribution >= 0.6 is 0 Å². The van der Waals surface area contributed by atoms with Crippen molar-refractivity contribution < 1.29 is 29.0 Å². The number of nitrogens with zero attached hydrogens (tertiary/aromatic N) is 3. The summed E-state index contributed by atoms with van der Waals surface area (Å²) in [5, 5.41) is 10.7. The molecule has 45 heavy (non-hydrogen) atoms. The van der Waals surface area contributed by atoms with Crippen molar-refractivity contribution in [3.05, 3.63) is 84.5 Å². The summed E-state index contributed by atoms with van der Waals surface area (Å²) < 4.78 is 12.4. The molecule has 6 rings (SSSR count). The number of hydrogen-bond donors (Lipinski definition) is 1. The van der Waals surface area contributed by atoms with Crippen molar-refractivity contribution in [2.24, 2.45) is 17.8 Å². The predicted octanol–water partition coefficient (Wildman–Crippen LogP) is 3.96. The van der Waals surface area contributed by atoms with Crippen molar-refractivity contribution >= 4 is 23.4 Å². The number of methoxy groups -OCH3 is 1. The van der Waals surface area contributed by atoms with E-state index in [2.05, 4.69) is 0 Å². The average Bonchev–Trinajstić information content (AvgIpc) is 3.36. The summed E-state index contributed by atoms with van der Waals surface area (Å²) >= 11 is 0. The number of amides is 3. The molecule has 0 radical (unpaired) electrons. The van der Waals surface area contributed by atoms with Crippen molar-refractivity contribution in [3.8, 4) is 5.75 Å². The third kappa shape index (κ3) is 4.88. The first-order valence-electron chi connectivity index (χ1n) is 16.0. The Bertz CT molecular complexity index is 1490. The summed E-state index contributed by atoms with van der Waals surface area (Å²) in [7, 11) is 1.59. The zero-order valence-electron chi connectivity index (χ0n) is 26.5. The summed E-state index contributed by atoms with van der Waals surface area (Å²) in [5.74, 6) is -2.00. The number of aliphatic hydroxyl groups is 1. The third-order valence-corrected chi connectivity index (χ3v) is 10.4. The quantitative estimate of drug-likeness (QED) is 0.430. The van der Waals surface area contributed by atoms with E-state index < -0.39 is 35.1 Å². The maximum absolute atomic E-state index is 14.9. The number of carbonyl (C=O) groups excluding carboxylic acids is 3. The van der Waals surface area contributed by atoms with Crippen molar-refractivity contribution in [1.82, 2.24) is 9.80 Å². The molecular formula is C36H43N3O6. The molecule has 1 spiro atoms. The highest BCUT2D eigenvalue weighted by atomic mass is 16.5. The lowest BCUT2D eigenvalue weighted by Gasteiger charge is -2.42. The number of aliphatic hydroxyl groups excluding tert-OH is 1. The van der Waals surface area contributed by atoms with Gasteiger partial charge in [-0.25, -0.2) is 0 Å². The van der Waals surface area contributed by atoms with Crippen LogP contribution in [0.4, 0.5) is 5.69 Å². The Morgan fingerprint density at radius 3 is 2.29 bits per heavy atom. The molecule has 4 aliphatic heterocycles. The second kappa shape index (κ2) is 12.1. The molecule has 9 heteroatoms. The fourth-order valence-electron chi connectivity index (χ4n) is 7.86. The molecule has 2 fully saturated rings. The van der Waals surface area contributed by atoms with Crippen molar-refractivity contribution in [3.63, 3.8) is 0 Å². The molecule has 1 N–H and O–H groups in total. The zero-order chi connectivity index (χ0) is 31.9. The summed E-state index contributed by atoms with van der Waals surface area (Å²) in [6, 6.07) is 15.3. The fraction of sp³-hybridized carbons (Fsp3) is 0.472. The normalized spacial score (nSPS) is 30.5. The van der Waals surface area contributed by atoms with Gasteiger partial charge in [0, 0.05) is 25.3 Å². The highest BCUT2D eigenvalue weighted by Gasteiger charge is 2.76. The minimum absolute atomic E-state index is 0.0977. The Morgan fingerprint density at radius 2 is 1.64 bits per heavy atom. The molecule has 0 aliphatic carbocycles. The monoisotopic (exact) mass is 613 g/mol. The number of likely N-dealkylation sites (tertiary alicyclic amines) is 1. The predicted molar refractivity (Wildman–Crippen MR) is 170 cm³/mol. The topological polar surface area (TPSA) is 99.6 Å². The maximum Gasteiger partial charge on any atom is 0.253 e. The van der Waals surface area contributed by atoms with Crippen LogP contribution in [0.15, 0.2) is 78.9 Å². The molecule has 7 atom stereocenters. The number of rotatable bonds is 9. The van der Waals surface area contributed by atoms with E-state index in [1.165, 1.54) is 0 Å². The Hall–Kier alpha value is -3.95. The van der Waals surface area contributed by atoms with Crippen LogP contribution in [0.2, 0.25) is 0 Å². The van der Waals surface area contributed by atoms with Gasteiger partial charge in [-0.2, -0.15) is 0 Å². The van der Waals surface area contributed by atoms with Crippen molar-refractivity contribution in [1.29, 1.82) is 0 Å². The minimum Gasteiger partial charge on any atom is -0.497 e. The molecular weight excluding hydrogens is 570 g/mol. The summed E-state index contributed by atoms with van der Waals surface area (Å²) in [6.07, 6.45) is 8.80. The number of anilines is 1. The summed E-state index contributed by atoms with van der Waals surface area (Å²) in [5.41, 5.74) is -0.819. The van der Waals surface area contributed by atoms with Gasteiger partial charge < -0.3 is 29.3 Å². The van der Waals surface area contributed by atoms with Crippen LogP contribution in [0, 0.1) is 17.8 Å². The molecule has 4 heterocycles. The lowest BCUT2D eigenvalue weighted by Crippen LogP contribution is -2.60. The van der Waals surface area contributed by atoms with E-state index in [0.29, 0.717) is 37.4 Å². The minimum atomic E-state index is -1.40. The van der Waals surface area contributed by atoms with E-state index in [9.17, 15) is 19.5 Å². The Balaban J connectivity index is 1.48. The summed E-state index contributed by atoms with van der Waals surface area (Å²) in [6.45, 7) is 6.69. The van der Waals surface area contributed by atoms with Gasteiger partial charge in [0.2, 0.25) is 11.8 Å². The number of carbonyl (C=O) groups is 3. The van der Waals surface area contributed by atoms with Crippen molar-refractivity contribution in [2.45, 2.75) is 63.4 Å². The first kappa shape index (κ1) is 31.0. The molecule has 1 unspecified atom stereocenters. The van der Waals surface area contributed by atoms with Gasteiger partial charge in [0.05, 0.1) is 37.2 Å². The Labute approximate surface area is 265 Å². The van der Waals surface area contributed by atoms with Gasteiger partial charge in [-0.1, -0.05) is 81.8 Å². The average molecular weight is 614 g/mol. The van der Waals surface area contributed by atoms with Crippen LogP contribution in [-0.4, -0.2) is 82.7 Å². The van der Waals surface area contributed by atoms with E-state index in [1.807, 2.05) is 87.5 Å². The molecule has 2 aromatic rings. The Kier molecular flexibility index (Phi) is 8.35. The second-order valence-electron chi connectivity index (χ2n) is 12.7. The van der Waals surface area contributed by atoms with E-state index in [4.69, 9.17) is 9.47 Å². The van der Waals surface area contributed by atoms with Gasteiger partial charge in [-0.05, 0) is 42.2 Å². The molecule has 2 aromatic carbocycles. The van der Waals surface area contributed by atoms with Crippen LogP contribution in [0.1, 0.15) is 39.2 Å². The van der Waals surface area contributed by atoms with E-state index >= 15 is 0 Å². The SMILES string of the molecule is CC[C@H](C)[C@H](CO)N1C(=O)[C@@H]2[C@@H]3C(=O)N(Cc4ccccc4)CC=C[C@]3(CC)O[C@@]23C=CCN(c2ccc(OC)cc2)C(=O)C13. The molecule has 3 amide bonds. The van der Waals surface area contributed by atoms with Gasteiger partial charge >= 0.3 is 0 Å². The van der Waals surface area contributed by atoms with E-state index in [-0.39, 0.29) is 36.8 Å². The number of benzene rings is 2. The standard InChI is InChI=1S/C36H43N3O6/c1-5-24(3)28(23-40)39-31-34(43)38(26-14-16-27(44-4)17-15-26)21-11-19-36(31)30(33(39)42)29-32(41)37(22-25-12-8-7-9-13-25)20-10-18-35(29,6-2)45-36/h7-19,24,28-31,40H,5-6,20-23H2,1-4H3/t24-,28-,29+,30-,31?,35-,36-/m0/s1. The van der Waals surface area contributed by atoms with Crippen LogP contribution in [0.5, 0.6) is 5.75 Å². The van der Waals surface area contributed by atoms with Crippen LogP contribution in [0.3, 0.4) is 0 Å². The Morgan fingerprint density at radius 1 is 0.933 bits per heavy atom. The second-order valence-corrected chi connectivity index (χ2v) is 12.7. The van der Waals surface area contributed by atoms with Gasteiger partial charge in [-0.15, -0.1) is 0 Å². The fourth-order valence-corrected chi connectivity index (χ4v) is 7.86. The molecule has 9 nitrogen and oxygen atoms in total. The molecule has 4 aliphatic rings. The van der Waals surface area contributed by atoms with Gasteiger partial charge in [0.15, 0.2) is 0 Å². The third-order valence-electron chi connectivity index (χ3n) is 10.4. The number of hydrogen-bond acceptors (Lipinski definition) is 6. The lowest BCUT2D eigenvalue weighted by atomic mass is 9.73. The molecule has 0 bridgehead atoms. The van der Waals surface area contributed by atoms with Crippen molar-refractivity contribution in [2.75, 3.05) is 31.7 Å². The van der Waals surface area contributed by atoms with Crippen LogP contribution in [0.25, 0.3) is 0 Å². The highest BCUT2D eigenvalue weighted by Crippen LogP contribution is 2.59. The molecule has 0 saturated carbocycles. The first-order valence-corrected chi connectivity index (χ1v) is 16.0. The lowest BCUT2D eigenvalue weighted by molar-refractivity contribution is -0.154. The van der Waals surface area contributed by atoms with E-state index in [1.54, 1.807) is 33.9 Å². The van der Waals surface area contributed by atoms with Crippen LogP contribution < -0.4 is 9.64 Å². The van der Waals surface area contributed by atoms with Gasteiger partial charge in [0.25, 0.3) is 5.91 Å². The summed E-state index contributed by atoms with van der Waals surface area (Å²) in [4.78, 5) is 49.4. The molecule has 2 saturated heterocycles.